The summed E-state index contributed by atoms with van der Waals surface area (Å²) >= 11 is 1.73. The second-order valence-corrected chi connectivity index (χ2v) is 4.80. The molecule has 0 saturated carbocycles. The Morgan fingerprint density at radius 3 is 2.31 bits per heavy atom. The van der Waals surface area contributed by atoms with Crippen molar-refractivity contribution >= 4 is 23.8 Å². The number of urea groups is 1. The summed E-state index contributed by atoms with van der Waals surface area (Å²) in [7, 11) is 0. The van der Waals surface area contributed by atoms with Gasteiger partial charge in [0.25, 0.3) is 0 Å². The number of rotatable bonds is 7. The molecule has 5 nitrogen and oxygen atoms in total. The molecular formula is C10H20N2O3S. The van der Waals surface area contributed by atoms with E-state index in [1.807, 2.05) is 6.26 Å². The third-order valence-corrected chi connectivity index (χ3v) is 2.96. The summed E-state index contributed by atoms with van der Waals surface area (Å²) in [5.41, 5.74) is 0. The molecule has 0 bridgehead atoms. The smallest absolute Gasteiger partial charge is 0.314 e. The summed E-state index contributed by atoms with van der Waals surface area (Å²) in [6.45, 7) is 4.36. The van der Waals surface area contributed by atoms with E-state index in [9.17, 15) is 9.59 Å². The normalized spacial score (nSPS) is 13.9. The fourth-order valence-electron chi connectivity index (χ4n) is 1.01. The van der Waals surface area contributed by atoms with Crippen LogP contribution < -0.4 is 10.6 Å². The van der Waals surface area contributed by atoms with E-state index in [1.165, 1.54) is 0 Å². The van der Waals surface area contributed by atoms with Gasteiger partial charge in [0.1, 0.15) is 0 Å². The van der Waals surface area contributed by atoms with Crippen molar-refractivity contribution in [3.05, 3.63) is 0 Å². The molecular weight excluding hydrogens is 228 g/mol. The minimum atomic E-state index is -0.906. The van der Waals surface area contributed by atoms with Crippen LogP contribution in [-0.4, -0.2) is 42.2 Å². The van der Waals surface area contributed by atoms with Crippen LogP contribution in [0.15, 0.2) is 0 Å². The van der Waals surface area contributed by atoms with Gasteiger partial charge in [-0.05, 0) is 17.9 Å². The molecule has 0 aliphatic carbocycles. The number of amides is 2. The molecule has 0 aromatic heterocycles. The van der Waals surface area contributed by atoms with Gasteiger partial charge in [0.05, 0.1) is 5.92 Å². The third-order valence-electron chi connectivity index (χ3n) is 2.05. The van der Waals surface area contributed by atoms with Crippen LogP contribution in [0.25, 0.3) is 0 Å². The Hall–Kier alpha value is -0.910. The summed E-state index contributed by atoms with van der Waals surface area (Å²) in [6.07, 6.45) is 2.02. The maximum absolute atomic E-state index is 11.3. The Kier molecular flexibility index (Phi) is 7.80. The third kappa shape index (κ3) is 7.39. The van der Waals surface area contributed by atoms with E-state index in [0.717, 1.165) is 5.75 Å². The maximum Gasteiger partial charge on any atom is 0.314 e. The van der Waals surface area contributed by atoms with Gasteiger partial charge < -0.3 is 15.7 Å². The lowest BCUT2D eigenvalue weighted by Crippen LogP contribution is -2.41. The van der Waals surface area contributed by atoms with Gasteiger partial charge >= 0.3 is 12.0 Å². The van der Waals surface area contributed by atoms with Gasteiger partial charge in [-0.3, -0.25) is 4.79 Å². The van der Waals surface area contributed by atoms with Gasteiger partial charge in [-0.2, -0.15) is 11.8 Å². The van der Waals surface area contributed by atoms with Crippen LogP contribution in [0.3, 0.4) is 0 Å². The van der Waals surface area contributed by atoms with Crippen LogP contribution in [0, 0.1) is 11.8 Å². The van der Waals surface area contributed by atoms with Crippen molar-refractivity contribution in [1.29, 1.82) is 0 Å². The van der Waals surface area contributed by atoms with E-state index in [0.29, 0.717) is 12.5 Å². The Morgan fingerprint density at radius 2 is 1.81 bits per heavy atom. The van der Waals surface area contributed by atoms with Crippen LogP contribution in [0.4, 0.5) is 4.79 Å². The molecule has 0 rings (SSSR count). The lowest BCUT2D eigenvalue weighted by molar-refractivity contribution is -0.140. The number of carbonyl (C=O) groups is 2. The molecule has 6 heteroatoms. The van der Waals surface area contributed by atoms with Gasteiger partial charge in [0, 0.05) is 13.1 Å². The minimum Gasteiger partial charge on any atom is -0.481 e. The number of hydrogen-bond acceptors (Lipinski definition) is 3. The number of carboxylic acids is 1. The molecule has 0 radical (unpaired) electrons. The fourth-order valence-corrected chi connectivity index (χ4v) is 1.69. The molecule has 0 aliphatic heterocycles. The molecule has 0 saturated heterocycles. The zero-order valence-electron chi connectivity index (χ0n) is 9.95. The van der Waals surface area contributed by atoms with Crippen LogP contribution in [0.2, 0.25) is 0 Å². The lowest BCUT2D eigenvalue weighted by atomic mass is 10.2. The second kappa shape index (κ2) is 8.27. The zero-order valence-corrected chi connectivity index (χ0v) is 10.8. The Bertz CT molecular complexity index is 236. The largest absolute Gasteiger partial charge is 0.481 e. The van der Waals surface area contributed by atoms with Crippen LogP contribution >= 0.6 is 11.8 Å². The Balaban J connectivity index is 3.63. The Morgan fingerprint density at radius 1 is 1.25 bits per heavy atom. The predicted molar refractivity (Wildman–Crippen MR) is 65.7 cm³/mol. The van der Waals surface area contributed by atoms with E-state index >= 15 is 0 Å². The van der Waals surface area contributed by atoms with Crippen LogP contribution in [-0.2, 0) is 4.79 Å². The van der Waals surface area contributed by atoms with Crippen LogP contribution in [0.5, 0.6) is 0 Å². The lowest BCUT2D eigenvalue weighted by Gasteiger charge is -2.13. The number of carbonyl (C=O) groups excluding carboxylic acids is 1. The van der Waals surface area contributed by atoms with E-state index in [1.54, 1.807) is 18.7 Å². The fraction of sp³-hybridized carbons (Fsp3) is 0.800. The van der Waals surface area contributed by atoms with Gasteiger partial charge in [0.2, 0.25) is 0 Å². The molecule has 0 aromatic rings. The van der Waals surface area contributed by atoms with Crippen molar-refractivity contribution in [3.63, 3.8) is 0 Å². The zero-order chi connectivity index (χ0) is 12.6. The van der Waals surface area contributed by atoms with Crippen molar-refractivity contribution in [2.24, 2.45) is 11.8 Å². The maximum atomic E-state index is 11.3. The first-order valence-electron chi connectivity index (χ1n) is 5.20. The highest BCUT2D eigenvalue weighted by molar-refractivity contribution is 7.98. The van der Waals surface area contributed by atoms with Gasteiger partial charge in [-0.1, -0.05) is 13.8 Å². The first kappa shape index (κ1) is 15.1. The van der Waals surface area contributed by atoms with Gasteiger partial charge in [0.15, 0.2) is 0 Å². The van der Waals surface area contributed by atoms with E-state index in [-0.39, 0.29) is 12.6 Å². The number of nitrogens with one attached hydrogen (secondary N) is 2. The van der Waals surface area contributed by atoms with Crippen molar-refractivity contribution in [3.8, 4) is 0 Å². The highest BCUT2D eigenvalue weighted by Crippen LogP contribution is 2.02. The van der Waals surface area contributed by atoms with Crippen molar-refractivity contribution in [2.45, 2.75) is 13.8 Å². The van der Waals surface area contributed by atoms with Crippen molar-refractivity contribution in [2.75, 3.05) is 25.1 Å². The minimum absolute atomic E-state index is 0.151. The highest BCUT2D eigenvalue weighted by Gasteiger charge is 2.12. The molecule has 2 amide bonds. The summed E-state index contributed by atoms with van der Waals surface area (Å²) in [6, 6.07) is -0.305. The average Bonchev–Trinajstić information content (AvgIpc) is 2.23. The number of aliphatic carboxylic acids is 1. The molecule has 16 heavy (non-hydrogen) atoms. The van der Waals surface area contributed by atoms with Crippen molar-refractivity contribution < 1.29 is 14.7 Å². The standard InChI is InChI=1S/C10H20N2O3S/c1-7(6-16-3)4-11-10(15)12-5-8(2)9(13)14/h7-8H,4-6H2,1-3H3,(H,13,14)(H2,11,12,15). The molecule has 0 aliphatic rings. The monoisotopic (exact) mass is 248 g/mol. The molecule has 2 atom stereocenters. The quantitative estimate of drug-likeness (QED) is 0.628. The number of thioether (sulfide) groups is 1. The van der Waals surface area contributed by atoms with E-state index < -0.39 is 11.9 Å². The summed E-state index contributed by atoms with van der Waals surface area (Å²) in [5, 5.41) is 13.8. The first-order valence-corrected chi connectivity index (χ1v) is 6.60. The second-order valence-electron chi connectivity index (χ2n) is 3.89. The SMILES string of the molecule is CSCC(C)CNC(=O)NCC(C)C(=O)O. The van der Waals surface area contributed by atoms with Gasteiger partial charge in [-0.25, -0.2) is 4.79 Å². The average molecular weight is 248 g/mol. The summed E-state index contributed by atoms with van der Waals surface area (Å²) in [4.78, 5) is 21.7. The molecule has 3 N–H and O–H groups in total. The molecule has 0 fully saturated rings. The first-order chi connectivity index (χ1) is 7.47. The number of hydrogen-bond donors (Lipinski definition) is 3. The number of carboxylic acid groups (broad SMARTS) is 1. The van der Waals surface area contributed by atoms with Crippen LogP contribution in [0.1, 0.15) is 13.8 Å². The predicted octanol–water partition coefficient (Wildman–Crippen LogP) is 1.01. The molecule has 2 unspecified atom stereocenters. The van der Waals surface area contributed by atoms with E-state index in [2.05, 4.69) is 17.6 Å². The van der Waals surface area contributed by atoms with Gasteiger partial charge in [-0.15, -0.1) is 0 Å². The highest BCUT2D eigenvalue weighted by atomic mass is 32.2. The molecule has 94 valence electrons. The molecule has 0 heterocycles. The van der Waals surface area contributed by atoms with Crippen molar-refractivity contribution in [1.82, 2.24) is 10.6 Å². The molecule has 0 spiro atoms. The topological polar surface area (TPSA) is 78.4 Å². The molecule has 0 aromatic carbocycles. The Labute approximate surface area is 100 Å². The summed E-state index contributed by atoms with van der Waals surface area (Å²) < 4.78 is 0. The summed E-state index contributed by atoms with van der Waals surface area (Å²) in [5.74, 6) is -0.0608. The van der Waals surface area contributed by atoms with E-state index in [4.69, 9.17) is 5.11 Å².